The molecule has 0 saturated carbocycles. The summed E-state index contributed by atoms with van der Waals surface area (Å²) in [5, 5.41) is 10.5. The lowest BCUT2D eigenvalue weighted by Gasteiger charge is -2.32. The van der Waals surface area contributed by atoms with Gasteiger partial charge in [-0.25, -0.2) is 24.5 Å². The number of fused-ring (bicyclic) bond motifs is 2. The van der Waals surface area contributed by atoms with Gasteiger partial charge >= 0.3 is 11.8 Å². The van der Waals surface area contributed by atoms with Gasteiger partial charge in [0.1, 0.15) is 24.6 Å². The topological polar surface area (TPSA) is 151 Å². The molecule has 7 rings (SSSR count). The van der Waals surface area contributed by atoms with Crippen LogP contribution in [-0.4, -0.2) is 88.3 Å². The van der Waals surface area contributed by atoms with Crippen LogP contribution in [0.5, 0.6) is 5.88 Å². The van der Waals surface area contributed by atoms with E-state index in [1.54, 1.807) is 21.4 Å². The second-order valence-electron chi connectivity index (χ2n) is 11.1. The van der Waals surface area contributed by atoms with Crippen LogP contribution in [0.4, 0.5) is 4.79 Å². The molecule has 13 nitrogen and oxygen atoms in total. The Morgan fingerprint density at radius 3 is 2.57 bits per heavy atom. The van der Waals surface area contributed by atoms with Crippen LogP contribution in [0.3, 0.4) is 0 Å². The number of hydrogen-bond acceptors (Lipinski definition) is 7. The van der Waals surface area contributed by atoms with E-state index in [9.17, 15) is 19.5 Å². The lowest BCUT2D eigenvalue weighted by Crippen LogP contribution is -2.41. The molecule has 6 heterocycles. The number of nitrogens with one attached hydrogen (secondary N) is 1. The third-order valence-electron chi connectivity index (χ3n) is 8.45. The Bertz CT molecular complexity index is 1940. The minimum Gasteiger partial charge on any atom is -0.472 e. The Morgan fingerprint density at radius 1 is 1.00 bits per heavy atom. The van der Waals surface area contributed by atoms with Crippen LogP contribution in [0.25, 0.3) is 33.3 Å². The van der Waals surface area contributed by atoms with E-state index in [1.807, 2.05) is 41.4 Å². The number of piperidine rings is 1. The molecule has 2 N–H and O–H groups in total. The number of likely N-dealkylation sites (tertiary alicyclic amines) is 2. The highest BCUT2D eigenvalue weighted by Crippen LogP contribution is 2.39. The molecule has 1 unspecified atom stereocenters. The van der Waals surface area contributed by atoms with Gasteiger partial charge in [-0.2, -0.15) is 0 Å². The molecule has 1 atom stereocenters. The first-order valence-electron chi connectivity index (χ1n) is 14.4. The molecule has 2 fully saturated rings. The number of aromatic amines is 1. The fourth-order valence-corrected chi connectivity index (χ4v) is 6.52. The van der Waals surface area contributed by atoms with Crippen molar-refractivity contribution in [2.24, 2.45) is 0 Å². The summed E-state index contributed by atoms with van der Waals surface area (Å²) >= 11 is 6.61. The summed E-state index contributed by atoms with van der Waals surface area (Å²) in [4.78, 5) is 56.9. The number of carboxylic acid groups (broad SMARTS) is 1. The Morgan fingerprint density at radius 2 is 1.80 bits per heavy atom. The molecular weight excluding hydrogens is 588 g/mol. The fourth-order valence-electron chi connectivity index (χ4n) is 6.29. The van der Waals surface area contributed by atoms with Crippen molar-refractivity contribution in [3.8, 4) is 17.0 Å². The zero-order valence-electron chi connectivity index (χ0n) is 23.6. The Labute approximate surface area is 255 Å². The number of nitrogens with zero attached hydrogens (tertiary/aromatic N) is 7. The van der Waals surface area contributed by atoms with Crippen LogP contribution in [0.15, 0.2) is 59.9 Å². The van der Waals surface area contributed by atoms with Gasteiger partial charge in [0.15, 0.2) is 5.65 Å². The molecule has 0 spiro atoms. The molecule has 4 aromatic heterocycles. The van der Waals surface area contributed by atoms with Crippen LogP contribution in [0.2, 0.25) is 5.02 Å². The molecular formula is C30H29ClN8O5. The maximum absolute atomic E-state index is 13.6. The highest BCUT2D eigenvalue weighted by Gasteiger charge is 2.30. The van der Waals surface area contributed by atoms with E-state index >= 15 is 0 Å². The van der Waals surface area contributed by atoms with Gasteiger partial charge in [-0.15, -0.1) is 0 Å². The lowest BCUT2D eigenvalue weighted by molar-refractivity contribution is -0.133. The van der Waals surface area contributed by atoms with Crippen molar-refractivity contribution in [1.82, 2.24) is 38.9 Å². The van der Waals surface area contributed by atoms with Gasteiger partial charge in [0.25, 0.3) is 0 Å². The first-order valence-corrected chi connectivity index (χ1v) is 14.8. The number of ether oxygens (including phenoxy) is 1. The Balaban J connectivity index is 1.15. The van der Waals surface area contributed by atoms with E-state index in [0.29, 0.717) is 72.0 Å². The standard InChI is InChI=1S/C30H29ClN8O5/c31-22-5-2-1-4-20(22)21-15-38(27-25(21)28(34-17-33-27)44-19-9-13-37(14-19)30(42)43)16-24(40)36-11-7-18(8-12-36)39-23-6-3-10-32-26(23)35-29(39)41/h1-6,10,15,17-19H,7-9,11-14,16H2,(H,42,43)(H,32,35,41). The van der Waals surface area contributed by atoms with E-state index in [0.717, 1.165) is 11.1 Å². The van der Waals surface area contributed by atoms with E-state index in [-0.39, 0.29) is 36.8 Å². The molecule has 2 aliphatic heterocycles. The van der Waals surface area contributed by atoms with Crippen LogP contribution in [0, 0.1) is 0 Å². The normalized spacial score (nSPS) is 17.5. The summed E-state index contributed by atoms with van der Waals surface area (Å²) in [5.74, 6) is 0.237. The number of pyridine rings is 1. The third kappa shape index (κ3) is 5.02. The zero-order chi connectivity index (χ0) is 30.4. The number of H-pyrrole nitrogens is 1. The Kier molecular flexibility index (Phi) is 7.17. The maximum Gasteiger partial charge on any atom is 0.407 e. The van der Waals surface area contributed by atoms with E-state index < -0.39 is 6.09 Å². The number of carbonyl (C=O) groups is 2. The first kappa shape index (κ1) is 27.9. The minimum absolute atomic E-state index is 0.0370. The Hall–Kier alpha value is -4.91. The SMILES string of the molecule is O=C(O)N1CCC(Oc2ncnc3c2c(-c2ccccc2Cl)cn3CC(=O)N2CCC(n3c(=O)[nH]c4ncccc43)CC2)C1. The number of carbonyl (C=O) groups excluding carboxylic acids is 1. The van der Waals surface area contributed by atoms with E-state index in [1.165, 1.54) is 11.2 Å². The van der Waals surface area contributed by atoms with Crippen LogP contribution in [0.1, 0.15) is 25.3 Å². The predicted molar refractivity (Wildman–Crippen MR) is 162 cm³/mol. The smallest absolute Gasteiger partial charge is 0.407 e. The summed E-state index contributed by atoms with van der Waals surface area (Å²) in [5.41, 5.74) is 3.09. The van der Waals surface area contributed by atoms with Crippen LogP contribution >= 0.6 is 11.6 Å². The van der Waals surface area contributed by atoms with Gasteiger partial charge in [0.2, 0.25) is 11.8 Å². The van der Waals surface area contributed by atoms with Gasteiger partial charge in [-0.05, 0) is 31.0 Å². The number of hydrogen-bond donors (Lipinski definition) is 2. The van der Waals surface area contributed by atoms with Gasteiger partial charge in [-0.3, -0.25) is 14.3 Å². The summed E-state index contributed by atoms with van der Waals surface area (Å²) in [6.45, 7) is 1.66. The lowest BCUT2D eigenvalue weighted by atomic mass is 10.0. The van der Waals surface area contributed by atoms with Crippen molar-refractivity contribution in [2.75, 3.05) is 26.2 Å². The molecule has 2 saturated heterocycles. The average Bonchev–Trinajstić information content (AvgIpc) is 3.73. The van der Waals surface area contributed by atoms with E-state index in [2.05, 4.69) is 19.9 Å². The molecule has 1 aromatic carbocycles. The number of halogens is 1. The molecule has 0 aliphatic carbocycles. The number of rotatable bonds is 6. The maximum atomic E-state index is 13.6. The highest BCUT2D eigenvalue weighted by molar-refractivity contribution is 6.33. The van der Waals surface area contributed by atoms with Gasteiger partial charge in [0.05, 0.1) is 17.4 Å². The summed E-state index contributed by atoms with van der Waals surface area (Å²) in [7, 11) is 0. The fraction of sp³-hybridized carbons (Fsp3) is 0.333. The van der Waals surface area contributed by atoms with Crippen molar-refractivity contribution in [1.29, 1.82) is 0 Å². The van der Waals surface area contributed by atoms with Crippen molar-refractivity contribution in [3.05, 3.63) is 70.6 Å². The monoisotopic (exact) mass is 616 g/mol. The molecule has 44 heavy (non-hydrogen) atoms. The summed E-state index contributed by atoms with van der Waals surface area (Å²) < 4.78 is 9.78. The number of imidazole rings is 1. The van der Waals surface area contributed by atoms with Crippen molar-refractivity contribution < 1.29 is 19.4 Å². The minimum atomic E-state index is -0.986. The largest absolute Gasteiger partial charge is 0.472 e. The van der Waals surface area contributed by atoms with Gasteiger partial charge in [-0.1, -0.05) is 29.8 Å². The molecule has 0 radical (unpaired) electrons. The number of benzene rings is 1. The highest BCUT2D eigenvalue weighted by atomic mass is 35.5. The zero-order valence-corrected chi connectivity index (χ0v) is 24.4. The molecule has 5 aromatic rings. The van der Waals surface area contributed by atoms with Crippen LogP contribution < -0.4 is 10.4 Å². The second-order valence-corrected chi connectivity index (χ2v) is 11.5. The van der Waals surface area contributed by atoms with Crippen LogP contribution in [-0.2, 0) is 11.3 Å². The van der Waals surface area contributed by atoms with Gasteiger partial charge < -0.3 is 24.2 Å². The molecule has 2 amide bonds. The molecule has 2 aliphatic rings. The predicted octanol–water partition coefficient (Wildman–Crippen LogP) is 3.78. The first-order chi connectivity index (χ1) is 21.4. The summed E-state index contributed by atoms with van der Waals surface area (Å²) in [6.07, 6.45) is 5.34. The van der Waals surface area contributed by atoms with Crippen molar-refractivity contribution in [3.63, 3.8) is 0 Å². The van der Waals surface area contributed by atoms with Gasteiger partial charge in [0, 0.05) is 60.6 Å². The number of aromatic nitrogens is 6. The average molecular weight is 617 g/mol. The van der Waals surface area contributed by atoms with Crippen molar-refractivity contribution >= 4 is 45.8 Å². The molecule has 14 heteroatoms. The third-order valence-corrected chi connectivity index (χ3v) is 8.78. The van der Waals surface area contributed by atoms with Crippen molar-refractivity contribution in [2.45, 2.75) is 38.0 Å². The summed E-state index contributed by atoms with van der Waals surface area (Å²) in [6, 6.07) is 11.0. The second kappa shape index (κ2) is 11.3. The number of amides is 2. The van der Waals surface area contributed by atoms with E-state index in [4.69, 9.17) is 16.3 Å². The molecule has 0 bridgehead atoms. The quantitative estimate of drug-likeness (QED) is 0.292. The molecule has 226 valence electrons.